The molecular formula is C39H42BFO6SSi. The van der Waals surface area contributed by atoms with Crippen molar-refractivity contribution in [3.8, 4) is 5.75 Å². The van der Waals surface area contributed by atoms with E-state index in [-0.39, 0.29) is 23.7 Å². The summed E-state index contributed by atoms with van der Waals surface area (Å²) < 4.78 is 55.0. The van der Waals surface area contributed by atoms with Crippen LogP contribution in [0.5, 0.6) is 5.75 Å². The largest absolute Gasteiger partial charge is 0.505 e. The second-order valence-electron chi connectivity index (χ2n) is 13.9. The Hall–Kier alpha value is -3.80. The lowest BCUT2D eigenvalue weighted by Gasteiger charge is -2.43. The van der Waals surface area contributed by atoms with Gasteiger partial charge in [-0.3, -0.25) is 0 Å². The van der Waals surface area contributed by atoms with Crippen molar-refractivity contribution in [3.63, 3.8) is 0 Å². The maximum absolute atomic E-state index is 14.3. The lowest BCUT2D eigenvalue weighted by atomic mass is 9.74. The Labute approximate surface area is 290 Å². The highest BCUT2D eigenvalue weighted by atomic mass is 32.2. The number of hydrogen-bond acceptors (Lipinski definition) is 6. The number of halogens is 1. The number of allylic oxidation sites excluding steroid dienone is 1. The van der Waals surface area contributed by atoms with E-state index in [2.05, 4.69) is 45.0 Å². The Bertz CT molecular complexity index is 1910. The van der Waals surface area contributed by atoms with Crippen molar-refractivity contribution < 1.29 is 32.0 Å². The SMILES string of the molecule is CC(C)(C)[Si](OCC1=C2[C@@H](CC/C(=C/c3ccc(O)c(F)c3)c3ccccc3)OB(O)C[C@@H]2S(=O)(=O)C1)(c1ccccc1)c1ccccc1. The van der Waals surface area contributed by atoms with Crippen molar-refractivity contribution in [1.82, 2.24) is 0 Å². The van der Waals surface area contributed by atoms with Gasteiger partial charge in [0.15, 0.2) is 21.4 Å². The summed E-state index contributed by atoms with van der Waals surface area (Å²) in [6.45, 7) is 6.69. The summed E-state index contributed by atoms with van der Waals surface area (Å²) in [6, 6.07) is 34.4. The van der Waals surface area contributed by atoms with E-state index in [1.807, 2.05) is 72.8 Å². The molecule has 2 heterocycles. The van der Waals surface area contributed by atoms with E-state index in [1.54, 1.807) is 6.07 Å². The molecule has 1 saturated heterocycles. The van der Waals surface area contributed by atoms with Crippen molar-refractivity contribution in [2.24, 2.45) is 0 Å². The molecule has 0 aliphatic carbocycles. The molecule has 1 fully saturated rings. The van der Waals surface area contributed by atoms with Crippen LogP contribution in [0.15, 0.2) is 120 Å². The van der Waals surface area contributed by atoms with Gasteiger partial charge < -0.3 is 19.2 Å². The topological polar surface area (TPSA) is 93.1 Å². The van der Waals surface area contributed by atoms with Gasteiger partial charge in [0.25, 0.3) is 8.32 Å². The van der Waals surface area contributed by atoms with Gasteiger partial charge in [-0.2, -0.15) is 0 Å². The van der Waals surface area contributed by atoms with E-state index in [0.717, 1.165) is 21.5 Å². The molecule has 0 unspecified atom stereocenters. The van der Waals surface area contributed by atoms with Crippen LogP contribution in [0.2, 0.25) is 11.4 Å². The minimum atomic E-state index is -3.60. The molecule has 0 spiro atoms. The second-order valence-corrected chi connectivity index (χ2v) is 20.4. The summed E-state index contributed by atoms with van der Waals surface area (Å²) in [7, 11) is -7.79. The highest BCUT2D eigenvalue weighted by molar-refractivity contribution is 7.92. The van der Waals surface area contributed by atoms with Gasteiger partial charge >= 0.3 is 7.12 Å². The molecule has 2 aliphatic rings. The summed E-state index contributed by atoms with van der Waals surface area (Å²) >= 11 is 0. The molecule has 10 heteroatoms. The molecule has 2 N–H and O–H groups in total. The third-order valence-corrected chi connectivity index (χ3v) is 16.7. The Balaban J connectivity index is 1.37. The lowest BCUT2D eigenvalue weighted by Crippen LogP contribution is -2.66. The first-order valence-electron chi connectivity index (χ1n) is 16.7. The first kappa shape index (κ1) is 35.0. The van der Waals surface area contributed by atoms with E-state index >= 15 is 0 Å². The van der Waals surface area contributed by atoms with Crippen LogP contribution in [0.4, 0.5) is 4.39 Å². The summed E-state index contributed by atoms with van der Waals surface area (Å²) in [5, 5.41) is 21.5. The standard InChI is InChI=1S/C39H42BFO6SSi/c1-39(2,3)49(32-15-9-5-10-16-32,33-17-11-6-12-18-33)46-26-31-27-48(44,45)37-25-40(43)47-36(38(31)37)22-20-30(29-13-7-4-8-14-29)23-28-19-21-35(42)34(41)24-28/h4-19,21,23-24,36-37,42-43H,20,22,25-27H2,1-3H3/b30-23-/t36-,37+/m1/s1. The van der Waals surface area contributed by atoms with Crippen LogP contribution in [-0.4, -0.2) is 57.7 Å². The van der Waals surface area contributed by atoms with Crippen molar-refractivity contribution in [1.29, 1.82) is 0 Å². The van der Waals surface area contributed by atoms with Crippen molar-refractivity contribution >= 4 is 47.3 Å². The van der Waals surface area contributed by atoms with Gasteiger partial charge in [0, 0.05) is 6.32 Å². The highest BCUT2D eigenvalue weighted by Crippen LogP contribution is 2.42. The number of fused-ring (bicyclic) bond motifs is 1. The molecule has 0 saturated carbocycles. The molecule has 6 nitrogen and oxygen atoms in total. The predicted molar refractivity (Wildman–Crippen MR) is 197 cm³/mol. The number of rotatable bonds is 10. The Morgan fingerprint density at radius 3 is 2.12 bits per heavy atom. The van der Waals surface area contributed by atoms with Gasteiger partial charge in [0.2, 0.25) is 0 Å². The van der Waals surface area contributed by atoms with Crippen molar-refractivity contribution in [2.75, 3.05) is 12.4 Å². The van der Waals surface area contributed by atoms with E-state index in [0.29, 0.717) is 29.6 Å². The number of hydrogen-bond donors (Lipinski definition) is 2. The fourth-order valence-corrected chi connectivity index (χ4v) is 14.1. The van der Waals surface area contributed by atoms with Crippen LogP contribution in [0.25, 0.3) is 11.6 Å². The summed E-state index contributed by atoms with van der Waals surface area (Å²) in [5.41, 5.74) is 3.77. The number of sulfone groups is 1. The zero-order valence-corrected chi connectivity index (χ0v) is 29.9. The number of aromatic hydroxyl groups is 1. The third-order valence-electron chi connectivity index (χ3n) is 9.66. The molecule has 0 aromatic heterocycles. The minimum absolute atomic E-state index is 0.0228. The Morgan fingerprint density at radius 1 is 0.959 bits per heavy atom. The molecule has 6 rings (SSSR count). The van der Waals surface area contributed by atoms with Gasteiger partial charge in [0.05, 0.1) is 23.7 Å². The third kappa shape index (κ3) is 7.25. The maximum atomic E-state index is 14.3. The fraction of sp³-hybridized carbons (Fsp3) is 0.282. The molecule has 0 amide bonds. The van der Waals surface area contributed by atoms with Gasteiger partial charge in [0.1, 0.15) is 0 Å². The molecule has 4 aromatic rings. The highest BCUT2D eigenvalue weighted by Gasteiger charge is 2.52. The molecule has 2 aliphatic heterocycles. The smallest absolute Gasteiger partial charge is 0.456 e. The average Bonchev–Trinajstić information content (AvgIpc) is 3.34. The maximum Gasteiger partial charge on any atom is 0.456 e. The van der Waals surface area contributed by atoms with Crippen LogP contribution in [0, 0.1) is 5.82 Å². The first-order valence-corrected chi connectivity index (χ1v) is 20.3. The molecular weight excluding hydrogens is 654 g/mol. The van der Waals surface area contributed by atoms with Crippen molar-refractivity contribution in [3.05, 3.63) is 137 Å². The Morgan fingerprint density at radius 2 is 1.55 bits per heavy atom. The quantitative estimate of drug-likeness (QED) is 0.113. The van der Waals surface area contributed by atoms with E-state index in [4.69, 9.17) is 9.08 Å². The predicted octanol–water partition coefficient (Wildman–Crippen LogP) is 6.40. The van der Waals surface area contributed by atoms with Gasteiger partial charge in [-0.1, -0.05) is 124 Å². The van der Waals surface area contributed by atoms with E-state index < -0.39 is 48.2 Å². The molecule has 0 radical (unpaired) electrons. The fourth-order valence-electron chi connectivity index (χ4n) is 7.42. The lowest BCUT2D eigenvalue weighted by molar-refractivity contribution is 0.170. The van der Waals surface area contributed by atoms with Crippen LogP contribution >= 0.6 is 0 Å². The normalized spacial score (nSPS) is 19.6. The zero-order valence-electron chi connectivity index (χ0n) is 28.1. The number of phenolic OH excluding ortho intramolecular Hbond substituents is 1. The van der Waals surface area contributed by atoms with Crippen LogP contribution in [0.1, 0.15) is 44.7 Å². The van der Waals surface area contributed by atoms with Crippen LogP contribution < -0.4 is 10.4 Å². The van der Waals surface area contributed by atoms with Gasteiger partial charge in [-0.25, -0.2) is 12.8 Å². The van der Waals surface area contributed by atoms with E-state index in [1.165, 1.54) is 12.1 Å². The number of benzene rings is 4. The summed E-state index contributed by atoms with van der Waals surface area (Å²) in [6.07, 6.45) is 2.03. The molecule has 2 atom stereocenters. The van der Waals surface area contributed by atoms with Crippen LogP contribution in [0.3, 0.4) is 0 Å². The van der Waals surface area contributed by atoms with Gasteiger partial charge in [-0.15, -0.1) is 0 Å². The average molecular weight is 697 g/mol. The van der Waals surface area contributed by atoms with Crippen molar-refractivity contribution in [2.45, 2.75) is 56.3 Å². The molecule has 49 heavy (non-hydrogen) atoms. The Kier molecular flexibility index (Phi) is 10.2. The monoisotopic (exact) mass is 696 g/mol. The van der Waals surface area contributed by atoms with E-state index in [9.17, 15) is 22.9 Å². The van der Waals surface area contributed by atoms with Crippen LogP contribution in [-0.2, 0) is 18.9 Å². The first-order chi connectivity index (χ1) is 23.4. The number of phenols is 1. The zero-order chi connectivity index (χ0) is 34.8. The van der Waals surface area contributed by atoms with Gasteiger partial charge in [-0.05, 0) is 68.2 Å². The molecule has 0 bridgehead atoms. The minimum Gasteiger partial charge on any atom is -0.505 e. The summed E-state index contributed by atoms with van der Waals surface area (Å²) in [4.78, 5) is 0. The summed E-state index contributed by atoms with van der Waals surface area (Å²) in [5.74, 6) is -1.28. The molecule has 4 aromatic carbocycles. The second kappa shape index (κ2) is 14.2. The molecule has 254 valence electrons.